The molecule has 8 nitrogen and oxygen atoms in total. The molecule has 0 spiro atoms. The van der Waals surface area contributed by atoms with Gasteiger partial charge in [-0.15, -0.1) is 10.2 Å². The van der Waals surface area contributed by atoms with Crippen LogP contribution in [0.15, 0.2) is 53.7 Å². The van der Waals surface area contributed by atoms with Crippen LogP contribution in [0.5, 0.6) is 5.75 Å². The van der Waals surface area contributed by atoms with Crippen LogP contribution >= 0.6 is 11.8 Å². The largest absolute Gasteiger partial charge is 0.495 e. The number of rotatable bonds is 10. The first kappa shape index (κ1) is 23.3. The van der Waals surface area contributed by atoms with Gasteiger partial charge < -0.3 is 19.9 Å². The number of aromatic nitrogens is 3. The molecule has 3 rings (SSSR count). The van der Waals surface area contributed by atoms with Crippen LogP contribution in [0.25, 0.3) is 0 Å². The molecule has 9 heteroatoms. The molecule has 2 N–H and O–H groups in total. The molecule has 0 aliphatic carbocycles. The van der Waals surface area contributed by atoms with Crippen LogP contribution in [-0.4, -0.2) is 39.4 Å². The number of hydrogen-bond acceptors (Lipinski definition) is 6. The van der Waals surface area contributed by atoms with E-state index in [1.54, 1.807) is 7.11 Å². The zero-order valence-electron chi connectivity index (χ0n) is 18.4. The summed E-state index contributed by atoms with van der Waals surface area (Å²) in [6, 6.07) is 15.2. The number of carbonyl (C=O) groups is 2. The average Bonchev–Trinajstić information content (AvgIpc) is 3.19. The lowest BCUT2D eigenvalue weighted by molar-refractivity contribution is -0.120. The Morgan fingerprint density at radius 1 is 1.09 bits per heavy atom. The lowest BCUT2D eigenvalue weighted by Crippen LogP contribution is -2.26. The Kier molecular flexibility index (Phi) is 8.27. The molecule has 0 saturated carbocycles. The fourth-order valence-corrected chi connectivity index (χ4v) is 3.95. The first-order valence-corrected chi connectivity index (χ1v) is 11.3. The second-order valence-corrected chi connectivity index (χ2v) is 8.07. The molecule has 0 fully saturated rings. The summed E-state index contributed by atoms with van der Waals surface area (Å²) < 4.78 is 7.20. The molecule has 0 aliphatic rings. The van der Waals surface area contributed by atoms with Crippen molar-refractivity contribution in [2.45, 2.75) is 38.5 Å². The summed E-state index contributed by atoms with van der Waals surface area (Å²) >= 11 is 1.30. The molecular formula is C23H27N5O3S. The van der Waals surface area contributed by atoms with Gasteiger partial charge in [0, 0.05) is 6.54 Å². The maximum absolute atomic E-state index is 12.5. The van der Waals surface area contributed by atoms with Crippen LogP contribution in [0.1, 0.15) is 23.9 Å². The van der Waals surface area contributed by atoms with E-state index in [0.717, 1.165) is 11.1 Å². The van der Waals surface area contributed by atoms with Crippen LogP contribution in [0, 0.1) is 6.92 Å². The van der Waals surface area contributed by atoms with Crippen molar-refractivity contribution in [3.8, 4) is 5.75 Å². The Labute approximate surface area is 191 Å². The smallest absolute Gasteiger partial charge is 0.234 e. The standard InChI is InChI=1S/C23H27N5O3S/c1-4-28-20(14-24-21(29)13-17-8-6-5-7-9-17)26-27-23(28)32-15-22(30)25-18-12-16(2)10-11-19(18)31-3/h5-12H,4,13-15H2,1-3H3,(H,24,29)(H,25,30). The quantitative estimate of drug-likeness (QED) is 0.458. The van der Waals surface area contributed by atoms with E-state index in [4.69, 9.17) is 4.74 Å². The van der Waals surface area contributed by atoms with Crippen molar-refractivity contribution in [1.29, 1.82) is 0 Å². The Morgan fingerprint density at radius 2 is 1.88 bits per heavy atom. The number of ether oxygens (including phenoxy) is 1. The number of thioether (sulfide) groups is 1. The van der Waals surface area contributed by atoms with E-state index in [1.807, 2.05) is 66.9 Å². The van der Waals surface area contributed by atoms with Gasteiger partial charge in [-0.05, 0) is 37.1 Å². The molecule has 0 bridgehead atoms. The van der Waals surface area contributed by atoms with Crippen molar-refractivity contribution in [3.05, 3.63) is 65.5 Å². The molecular weight excluding hydrogens is 426 g/mol. The number of amides is 2. The monoisotopic (exact) mass is 453 g/mol. The van der Waals surface area contributed by atoms with Gasteiger partial charge in [-0.1, -0.05) is 48.2 Å². The summed E-state index contributed by atoms with van der Waals surface area (Å²) in [7, 11) is 1.57. The number of nitrogens with one attached hydrogen (secondary N) is 2. The highest BCUT2D eigenvalue weighted by molar-refractivity contribution is 7.99. The highest BCUT2D eigenvalue weighted by Gasteiger charge is 2.15. The summed E-state index contributed by atoms with van der Waals surface area (Å²) in [6.45, 7) is 4.83. The Hall–Kier alpha value is -3.33. The van der Waals surface area contributed by atoms with E-state index < -0.39 is 0 Å². The van der Waals surface area contributed by atoms with E-state index in [2.05, 4.69) is 20.8 Å². The van der Waals surface area contributed by atoms with E-state index in [-0.39, 0.29) is 24.1 Å². The van der Waals surface area contributed by atoms with Gasteiger partial charge in [0.2, 0.25) is 11.8 Å². The Morgan fingerprint density at radius 3 is 2.59 bits per heavy atom. The van der Waals surface area contributed by atoms with E-state index >= 15 is 0 Å². The average molecular weight is 454 g/mol. The molecule has 0 aliphatic heterocycles. The second kappa shape index (κ2) is 11.3. The first-order valence-electron chi connectivity index (χ1n) is 10.3. The molecule has 1 aromatic heterocycles. The van der Waals surface area contributed by atoms with Gasteiger partial charge in [0.25, 0.3) is 0 Å². The third-order valence-corrected chi connectivity index (χ3v) is 5.69. The normalized spacial score (nSPS) is 10.6. The molecule has 32 heavy (non-hydrogen) atoms. The number of anilines is 1. The third kappa shape index (κ3) is 6.34. The van der Waals surface area contributed by atoms with Gasteiger partial charge in [-0.3, -0.25) is 9.59 Å². The molecule has 168 valence electrons. The summed E-state index contributed by atoms with van der Waals surface area (Å²) in [5.74, 6) is 1.19. The van der Waals surface area contributed by atoms with Crippen LogP contribution in [0.2, 0.25) is 0 Å². The predicted molar refractivity (Wildman–Crippen MR) is 125 cm³/mol. The van der Waals surface area contributed by atoms with Crippen LogP contribution in [-0.2, 0) is 29.1 Å². The minimum absolute atomic E-state index is 0.0810. The number of aryl methyl sites for hydroxylation is 1. The fourth-order valence-electron chi connectivity index (χ4n) is 3.13. The number of hydrogen-bond donors (Lipinski definition) is 2. The molecule has 2 amide bonds. The van der Waals surface area contributed by atoms with Gasteiger partial charge in [-0.2, -0.15) is 0 Å². The topological polar surface area (TPSA) is 98.1 Å². The lowest BCUT2D eigenvalue weighted by atomic mass is 10.1. The number of carbonyl (C=O) groups excluding carboxylic acids is 2. The SMILES string of the molecule is CCn1c(CNC(=O)Cc2ccccc2)nnc1SCC(=O)Nc1cc(C)ccc1OC. The second-order valence-electron chi connectivity index (χ2n) is 7.12. The van der Waals surface area contributed by atoms with Crippen molar-refractivity contribution in [1.82, 2.24) is 20.1 Å². The van der Waals surface area contributed by atoms with Crippen molar-refractivity contribution in [3.63, 3.8) is 0 Å². The predicted octanol–water partition coefficient (Wildman–Crippen LogP) is 3.20. The van der Waals surface area contributed by atoms with Gasteiger partial charge in [0.05, 0.1) is 31.5 Å². The number of methoxy groups -OCH3 is 1. The first-order chi connectivity index (χ1) is 15.5. The summed E-state index contributed by atoms with van der Waals surface area (Å²) in [6.07, 6.45) is 0.311. The van der Waals surface area contributed by atoms with Crippen molar-refractivity contribution < 1.29 is 14.3 Å². The highest BCUT2D eigenvalue weighted by atomic mass is 32.2. The minimum atomic E-state index is -0.165. The van der Waals surface area contributed by atoms with Crippen molar-refractivity contribution in [2.24, 2.45) is 0 Å². The van der Waals surface area contributed by atoms with Crippen LogP contribution < -0.4 is 15.4 Å². The van der Waals surface area contributed by atoms with Crippen LogP contribution in [0.4, 0.5) is 5.69 Å². The molecule has 0 radical (unpaired) electrons. The van der Waals surface area contributed by atoms with Gasteiger partial charge in [0.15, 0.2) is 11.0 Å². The van der Waals surface area contributed by atoms with E-state index in [0.29, 0.717) is 35.4 Å². The lowest BCUT2D eigenvalue weighted by Gasteiger charge is -2.11. The zero-order valence-corrected chi connectivity index (χ0v) is 19.2. The molecule has 0 atom stereocenters. The van der Waals surface area contributed by atoms with Crippen LogP contribution in [0.3, 0.4) is 0 Å². The minimum Gasteiger partial charge on any atom is -0.495 e. The van der Waals surface area contributed by atoms with E-state index in [1.165, 1.54) is 11.8 Å². The summed E-state index contributed by atoms with van der Waals surface area (Å²) in [5, 5.41) is 14.8. The maximum atomic E-state index is 12.5. The van der Waals surface area contributed by atoms with Gasteiger partial charge in [-0.25, -0.2) is 0 Å². The number of nitrogens with zero attached hydrogens (tertiary/aromatic N) is 3. The molecule has 3 aromatic rings. The molecule has 0 saturated heterocycles. The third-order valence-electron chi connectivity index (χ3n) is 4.72. The molecule has 0 unspecified atom stereocenters. The Bertz CT molecular complexity index is 1070. The number of benzene rings is 2. The van der Waals surface area contributed by atoms with Gasteiger partial charge in [0.1, 0.15) is 5.75 Å². The highest BCUT2D eigenvalue weighted by Crippen LogP contribution is 2.26. The van der Waals surface area contributed by atoms with Gasteiger partial charge >= 0.3 is 0 Å². The summed E-state index contributed by atoms with van der Waals surface area (Å²) in [4.78, 5) is 24.7. The fraction of sp³-hybridized carbons (Fsp3) is 0.304. The van der Waals surface area contributed by atoms with E-state index in [9.17, 15) is 9.59 Å². The summed E-state index contributed by atoms with van der Waals surface area (Å²) in [5.41, 5.74) is 2.62. The van der Waals surface area contributed by atoms with Crippen molar-refractivity contribution >= 4 is 29.3 Å². The maximum Gasteiger partial charge on any atom is 0.234 e. The molecule has 2 aromatic carbocycles. The Balaban J connectivity index is 1.55. The zero-order chi connectivity index (χ0) is 22.9. The van der Waals surface area contributed by atoms with Crippen molar-refractivity contribution in [2.75, 3.05) is 18.2 Å². The molecule has 1 heterocycles.